The van der Waals surface area contributed by atoms with Crippen LogP contribution >= 0.6 is 0 Å². The highest BCUT2D eigenvalue weighted by Crippen LogP contribution is 2.22. The summed E-state index contributed by atoms with van der Waals surface area (Å²) in [6.07, 6.45) is 0. The Bertz CT molecular complexity index is 396. The van der Waals surface area contributed by atoms with Crippen molar-refractivity contribution in [1.82, 2.24) is 5.32 Å². The molecule has 0 spiro atoms. The zero-order valence-electron chi connectivity index (χ0n) is 14.1. The van der Waals surface area contributed by atoms with Crippen molar-refractivity contribution in [2.24, 2.45) is 0 Å². The summed E-state index contributed by atoms with van der Waals surface area (Å²) in [5.41, 5.74) is 2.57. The van der Waals surface area contributed by atoms with E-state index in [0.717, 1.165) is 13.1 Å². The van der Waals surface area contributed by atoms with E-state index in [1.165, 1.54) is 11.3 Å². The topological polar surface area (TPSA) is 33.7 Å². The van der Waals surface area contributed by atoms with Crippen LogP contribution in [0.5, 0.6) is 0 Å². The summed E-state index contributed by atoms with van der Waals surface area (Å²) in [7, 11) is 3.49. The van der Waals surface area contributed by atoms with E-state index < -0.39 is 0 Å². The van der Waals surface area contributed by atoms with Gasteiger partial charge in [0, 0.05) is 45.1 Å². The standard InChI is InChI=1S/C17H30N2O2/c1-14(2)18-12-16-8-6-7-9-17(16)19(10-11-20-4)15(3)13-21-5/h6-9,14-15,18H,10-13H2,1-5H3. The van der Waals surface area contributed by atoms with E-state index in [1.54, 1.807) is 14.2 Å². The van der Waals surface area contributed by atoms with E-state index in [2.05, 4.69) is 55.3 Å². The van der Waals surface area contributed by atoms with Crippen LogP contribution in [-0.2, 0) is 16.0 Å². The Kier molecular flexibility index (Phi) is 8.35. The predicted molar refractivity (Wildman–Crippen MR) is 89.0 cm³/mol. The normalized spacial score (nSPS) is 12.7. The lowest BCUT2D eigenvalue weighted by Crippen LogP contribution is -2.39. The van der Waals surface area contributed by atoms with Gasteiger partial charge >= 0.3 is 0 Å². The van der Waals surface area contributed by atoms with Gasteiger partial charge in [0.2, 0.25) is 0 Å². The molecule has 120 valence electrons. The van der Waals surface area contributed by atoms with E-state index >= 15 is 0 Å². The van der Waals surface area contributed by atoms with Gasteiger partial charge in [0.1, 0.15) is 0 Å². The molecule has 0 fully saturated rings. The highest BCUT2D eigenvalue weighted by molar-refractivity contribution is 5.54. The molecule has 0 saturated heterocycles. The summed E-state index contributed by atoms with van der Waals surface area (Å²) in [4.78, 5) is 2.37. The smallest absolute Gasteiger partial charge is 0.0663 e. The Balaban J connectivity index is 2.93. The van der Waals surface area contributed by atoms with Gasteiger partial charge in [-0.1, -0.05) is 32.0 Å². The largest absolute Gasteiger partial charge is 0.383 e. The van der Waals surface area contributed by atoms with E-state index in [-0.39, 0.29) is 0 Å². The molecule has 1 aromatic rings. The molecule has 0 aliphatic carbocycles. The molecule has 1 atom stereocenters. The van der Waals surface area contributed by atoms with Gasteiger partial charge in [0.15, 0.2) is 0 Å². The molecule has 0 aliphatic heterocycles. The van der Waals surface area contributed by atoms with Gasteiger partial charge in [0.05, 0.1) is 13.2 Å². The van der Waals surface area contributed by atoms with Crippen molar-refractivity contribution < 1.29 is 9.47 Å². The van der Waals surface area contributed by atoms with Gasteiger partial charge in [-0.2, -0.15) is 0 Å². The second-order valence-corrected chi connectivity index (χ2v) is 5.65. The molecule has 0 amide bonds. The van der Waals surface area contributed by atoms with Crippen LogP contribution in [0.4, 0.5) is 5.69 Å². The van der Waals surface area contributed by atoms with Crippen molar-refractivity contribution in [3.63, 3.8) is 0 Å². The van der Waals surface area contributed by atoms with Crippen LogP contribution in [0.3, 0.4) is 0 Å². The number of para-hydroxylation sites is 1. The molecule has 4 nitrogen and oxygen atoms in total. The fourth-order valence-electron chi connectivity index (χ4n) is 2.35. The van der Waals surface area contributed by atoms with Crippen molar-refractivity contribution in [3.8, 4) is 0 Å². The summed E-state index contributed by atoms with van der Waals surface area (Å²) in [5.74, 6) is 0. The Morgan fingerprint density at radius 3 is 2.43 bits per heavy atom. The minimum atomic E-state index is 0.311. The first-order valence-corrected chi connectivity index (χ1v) is 7.66. The van der Waals surface area contributed by atoms with E-state index in [0.29, 0.717) is 25.3 Å². The molecule has 1 aromatic carbocycles. The van der Waals surface area contributed by atoms with E-state index in [1.807, 2.05) is 0 Å². The van der Waals surface area contributed by atoms with Crippen LogP contribution in [0.2, 0.25) is 0 Å². The average Bonchev–Trinajstić information content (AvgIpc) is 2.46. The average molecular weight is 294 g/mol. The monoisotopic (exact) mass is 294 g/mol. The first-order valence-electron chi connectivity index (χ1n) is 7.66. The second kappa shape index (κ2) is 9.77. The number of benzene rings is 1. The third-order valence-electron chi connectivity index (χ3n) is 3.48. The number of anilines is 1. The quantitative estimate of drug-likeness (QED) is 0.719. The van der Waals surface area contributed by atoms with Gasteiger partial charge in [0.25, 0.3) is 0 Å². The number of hydrogen-bond donors (Lipinski definition) is 1. The molecule has 0 bridgehead atoms. The lowest BCUT2D eigenvalue weighted by atomic mass is 10.1. The minimum Gasteiger partial charge on any atom is -0.383 e. The maximum Gasteiger partial charge on any atom is 0.0663 e. The fraction of sp³-hybridized carbons (Fsp3) is 0.647. The van der Waals surface area contributed by atoms with Gasteiger partial charge in [-0.15, -0.1) is 0 Å². The molecule has 0 heterocycles. The summed E-state index contributed by atoms with van der Waals surface area (Å²) < 4.78 is 10.6. The molecule has 1 rings (SSSR count). The van der Waals surface area contributed by atoms with Crippen molar-refractivity contribution in [2.45, 2.75) is 39.4 Å². The summed E-state index contributed by atoms with van der Waals surface area (Å²) in [5, 5.41) is 3.49. The highest BCUT2D eigenvalue weighted by atomic mass is 16.5. The number of hydrogen-bond acceptors (Lipinski definition) is 4. The predicted octanol–water partition coefficient (Wildman–Crippen LogP) is 2.67. The number of nitrogens with zero attached hydrogens (tertiary/aromatic N) is 1. The van der Waals surface area contributed by atoms with Crippen LogP contribution in [0.1, 0.15) is 26.3 Å². The van der Waals surface area contributed by atoms with Crippen LogP contribution in [0.15, 0.2) is 24.3 Å². The SMILES string of the molecule is COCCN(c1ccccc1CNC(C)C)C(C)COC. The van der Waals surface area contributed by atoms with Gasteiger partial charge in [-0.05, 0) is 18.6 Å². The Hall–Kier alpha value is -1.10. The first kappa shape index (κ1) is 18.0. The maximum atomic E-state index is 5.33. The molecule has 1 N–H and O–H groups in total. The van der Waals surface area contributed by atoms with Gasteiger partial charge in [-0.3, -0.25) is 0 Å². The number of rotatable bonds is 10. The maximum absolute atomic E-state index is 5.33. The van der Waals surface area contributed by atoms with Crippen molar-refractivity contribution in [3.05, 3.63) is 29.8 Å². The number of nitrogens with one attached hydrogen (secondary N) is 1. The third kappa shape index (κ3) is 6.04. The Morgan fingerprint density at radius 2 is 1.81 bits per heavy atom. The first-order chi connectivity index (χ1) is 10.1. The minimum absolute atomic E-state index is 0.311. The fourth-order valence-corrected chi connectivity index (χ4v) is 2.35. The molecule has 21 heavy (non-hydrogen) atoms. The summed E-state index contributed by atoms with van der Waals surface area (Å²) >= 11 is 0. The number of ether oxygens (including phenoxy) is 2. The molecule has 0 saturated carbocycles. The lowest BCUT2D eigenvalue weighted by Gasteiger charge is -2.32. The summed E-state index contributed by atoms with van der Waals surface area (Å²) in [6, 6.07) is 9.33. The zero-order valence-corrected chi connectivity index (χ0v) is 14.1. The zero-order chi connectivity index (χ0) is 15.7. The summed E-state index contributed by atoms with van der Waals surface area (Å²) in [6.45, 7) is 9.66. The molecular formula is C17H30N2O2. The lowest BCUT2D eigenvalue weighted by molar-refractivity contribution is 0.171. The number of methoxy groups -OCH3 is 2. The van der Waals surface area contributed by atoms with Crippen LogP contribution in [0.25, 0.3) is 0 Å². The molecule has 4 heteroatoms. The van der Waals surface area contributed by atoms with Crippen molar-refractivity contribution in [2.75, 3.05) is 38.9 Å². The molecule has 0 aliphatic rings. The Morgan fingerprint density at radius 1 is 1.10 bits per heavy atom. The van der Waals surface area contributed by atoms with E-state index in [9.17, 15) is 0 Å². The van der Waals surface area contributed by atoms with E-state index in [4.69, 9.17) is 9.47 Å². The molecule has 0 radical (unpaired) electrons. The molecular weight excluding hydrogens is 264 g/mol. The highest BCUT2D eigenvalue weighted by Gasteiger charge is 2.17. The van der Waals surface area contributed by atoms with Crippen LogP contribution < -0.4 is 10.2 Å². The molecule has 0 aromatic heterocycles. The third-order valence-corrected chi connectivity index (χ3v) is 3.48. The van der Waals surface area contributed by atoms with Crippen molar-refractivity contribution >= 4 is 5.69 Å². The van der Waals surface area contributed by atoms with Crippen LogP contribution in [-0.4, -0.2) is 46.1 Å². The van der Waals surface area contributed by atoms with Gasteiger partial charge < -0.3 is 19.7 Å². The van der Waals surface area contributed by atoms with Crippen molar-refractivity contribution in [1.29, 1.82) is 0 Å². The molecule has 1 unspecified atom stereocenters. The van der Waals surface area contributed by atoms with Gasteiger partial charge in [-0.25, -0.2) is 0 Å². The Labute approximate surface area is 129 Å². The van der Waals surface area contributed by atoms with Crippen LogP contribution in [0, 0.1) is 0 Å². The second-order valence-electron chi connectivity index (χ2n) is 5.65.